The fraction of sp³-hybridized carbons (Fsp3) is 0.538. The van der Waals surface area contributed by atoms with E-state index >= 15 is 0 Å². The van der Waals surface area contributed by atoms with Crippen LogP contribution < -0.4 is 4.74 Å². The summed E-state index contributed by atoms with van der Waals surface area (Å²) in [6.45, 7) is 9.23. The standard InChI is InChI=1S/C26H35NO5/c1-6-26(3,4)19-11-13-22(30-5)18(16-19)17-20-12-14-23(32-20)24(28)27-15-9-8-10-21(27)25(29)31-7-2/h11-14,16,21H,6-10,15,17H2,1-5H3. The van der Waals surface area contributed by atoms with Crippen molar-refractivity contribution in [3.63, 3.8) is 0 Å². The Hall–Kier alpha value is -2.76. The predicted molar refractivity (Wildman–Crippen MR) is 123 cm³/mol. The van der Waals surface area contributed by atoms with Crippen LogP contribution in [0.3, 0.4) is 0 Å². The molecule has 6 heteroatoms. The molecule has 32 heavy (non-hydrogen) atoms. The van der Waals surface area contributed by atoms with Crippen LogP contribution in [0.1, 0.15) is 80.8 Å². The molecule has 0 spiro atoms. The number of nitrogens with zero attached hydrogens (tertiary/aromatic N) is 1. The lowest BCUT2D eigenvalue weighted by molar-refractivity contribution is -0.149. The van der Waals surface area contributed by atoms with Crippen molar-refractivity contribution in [3.05, 3.63) is 53.0 Å². The van der Waals surface area contributed by atoms with E-state index < -0.39 is 6.04 Å². The second-order valence-electron chi connectivity index (χ2n) is 8.97. The second kappa shape index (κ2) is 10.2. The third-order valence-electron chi connectivity index (χ3n) is 6.51. The summed E-state index contributed by atoms with van der Waals surface area (Å²) in [5, 5.41) is 0. The number of carbonyl (C=O) groups is 2. The number of piperidine rings is 1. The number of ether oxygens (including phenoxy) is 2. The van der Waals surface area contributed by atoms with Gasteiger partial charge in [-0.1, -0.05) is 32.9 Å². The Kier molecular flexibility index (Phi) is 7.64. The average Bonchev–Trinajstić information content (AvgIpc) is 3.27. The van der Waals surface area contributed by atoms with Gasteiger partial charge in [0.05, 0.1) is 13.7 Å². The molecule has 1 unspecified atom stereocenters. The van der Waals surface area contributed by atoms with Gasteiger partial charge in [0, 0.05) is 18.5 Å². The lowest BCUT2D eigenvalue weighted by Crippen LogP contribution is -2.48. The van der Waals surface area contributed by atoms with Crippen LogP contribution >= 0.6 is 0 Å². The maximum Gasteiger partial charge on any atom is 0.328 e. The van der Waals surface area contributed by atoms with Crippen molar-refractivity contribution in [2.24, 2.45) is 0 Å². The normalized spacial score (nSPS) is 16.7. The van der Waals surface area contributed by atoms with Crippen LogP contribution in [0.25, 0.3) is 0 Å². The quantitative estimate of drug-likeness (QED) is 0.532. The number of hydrogen-bond donors (Lipinski definition) is 0. The topological polar surface area (TPSA) is 69.0 Å². The first kappa shape index (κ1) is 23.9. The minimum absolute atomic E-state index is 0.0572. The largest absolute Gasteiger partial charge is 0.496 e. The fourth-order valence-corrected chi connectivity index (χ4v) is 4.12. The van der Waals surface area contributed by atoms with E-state index in [1.165, 1.54) is 5.56 Å². The first-order valence-electron chi connectivity index (χ1n) is 11.5. The molecule has 1 aromatic heterocycles. The molecule has 0 aliphatic carbocycles. The monoisotopic (exact) mass is 441 g/mol. The highest BCUT2D eigenvalue weighted by atomic mass is 16.5. The summed E-state index contributed by atoms with van der Waals surface area (Å²) in [6, 6.07) is 9.24. The average molecular weight is 442 g/mol. The fourth-order valence-electron chi connectivity index (χ4n) is 4.12. The van der Waals surface area contributed by atoms with Crippen molar-refractivity contribution < 1.29 is 23.5 Å². The number of likely N-dealkylation sites (tertiary alicyclic amines) is 1. The summed E-state index contributed by atoms with van der Waals surface area (Å²) in [4.78, 5) is 27.1. The Labute approximate surface area is 190 Å². The molecule has 6 nitrogen and oxygen atoms in total. The Morgan fingerprint density at radius 3 is 2.62 bits per heavy atom. The van der Waals surface area contributed by atoms with E-state index in [-0.39, 0.29) is 23.1 Å². The van der Waals surface area contributed by atoms with E-state index in [1.54, 1.807) is 25.0 Å². The Morgan fingerprint density at radius 2 is 1.94 bits per heavy atom. The smallest absolute Gasteiger partial charge is 0.328 e. The van der Waals surface area contributed by atoms with Crippen LogP contribution in [0.15, 0.2) is 34.7 Å². The van der Waals surface area contributed by atoms with Gasteiger partial charge in [0.15, 0.2) is 5.76 Å². The van der Waals surface area contributed by atoms with Gasteiger partial charge in [-0.25, -0.2) is 4.79 Å². The minimum Gasteiger partial charge on any atom is -0.496 e. The lowest BCUT2D eigenvalue weighted by Gasteiger charge is -2.33. The summed E-state index contributed by atoms with van der Waals surface area (Å²) in [5.74, 6) is 1.13. The van der Waals surface area contributed by atoms with Gasteiger partial charge in [-0.15, -0.1) is 0 Å². The predicted octanol–water partition coefficient (Wildman–Crippen LogP) is 5.12. The van der Waals surface area contributed by atoms with Gasteiger partial charge in [-0.05, 0) is 61.8 Å². The first-order valence-corrected chi connectivity index (χ1v) is 11.5. The maximum absolute atomic E-state index is 13.1. The minimum atomic E-state index is -0.544. The van der Waals surface area contributed by atoms with E-state index in [1.807, 2.05) is 12.1 Å². The van der Waals surface area contributed by atoms with Gasteiger partial charge in [0.1, 0.15) is 17.6 Å². The van der Waals surface area contributed by atoms with Gasteiger partial charge in [0.25, 0.3) is 5.91 Å². The highest BCUT2D eigenvalue weighted by molar-refractivity contribution is 5.94. The lowest BCUT2D eigenvalue weighted by atomic mass is 9.81. The van der Waals surface area contributed by atoms with Crippen molar-refractivity contribution in [2.45, 2.75) is 71.3 Å². The zero-order chi connectivity index (χ0) is 23.3. The van der Waals surface area contributed by atoms with Crippen LogP contribution in [-0.4, -0.2) is 43.1 Å². The summed E-state index contributed by atoms with van der Waals surface area (Å²) < 4.78 is 16.7. The van der Waals surface area contributed by atoms with E-state index in [4.69, 9.17) is 13.9 Å². The first-order chi connectivity index (χ1) is 15.3. The van der Waals surface area contributed by atoms with Gasteiger partial charge < -0.3 is 18.8 Å². The third kappa shape index (κ3) is 5.17. The van der Waals surface area contributed by atoms with E-state index in [2.05, 4.69) is 32.9 Å². The summed E-state index contributed by atoms with van der Waals surface area (Å²) in [5.41, 5.74) is 2.31. The number of methoxy groups -OCH3 is 1. The van der Waals surface area contributed by atoms with Crippen molar-refractivity contribution in [3.8, 4) is 5.75 Å². The molecule has 1 aliphatic heterocycles. The van der Waals surface area contributed by atoms with Crippen molar-refractivity contribution in [2.75, 3.05) is 20.3 Å². The van der Waals surface area contributed by atoms with Gasteiger partial charge >= 0.3 is 5.97 Å². The molecule has 0 bridgehead atoms. The summed E-state index contributed by atoms with van der Waals surface area (Å²) in [6.07, 6.45) is 3.93. The highest BCUT2D eigenvalue weighted by Gasteiger charge is 2.34. The van der Waals surface area contributed by atoms with Crippen LogP contribution in [0.5, 0.6) is 5.75 Å². The Bertz CT molecular complexity index is 945. The van der Waals surface area contributed by atoms with Crippen LogP contribution in [0.2, 0.25) is 0 Å². The molecular weight excluding hydrogens is 406 g/mol. The molecule has 2 heterocycles. The van der Waals surface area contributed by atoms with Gasteiger partial charge in [-0.3, -0.25) is 4.79 Å². The molecule has 2 aromatic rings. The van der Waals surface area contributed by atoms with Crippen LogP contribution in [0.4, 0.5) is 0 Å². The number of rotatable bonds is 8. The van der Waals surface area contributed by atoms with Gasteiger partial charge in [-0.2, -0.15) is 0 Å². The van der Waals surface area contributed by atoms with Gasteiger partial charge in [0.2, 0.25) is 0 Å². The Balaban J connectivity index is 1.80. The molecule has 0 radical (unpaired) electrons. The molecule has 0 N–H and O–H groups in total. The number of esters is 1. The Morgan fingerprint density at radius 1 is 1.16 bits per heavy atom. The zero-order valence-electron chi connectivity index (χ0n) is 19.9. The molecular formula is C26H35NO5. The third-order valence-corrected chi connectivity index (χ3v) is 6.51. The molecule has 1 saturated heterocycles. The molecule has 1 atom stereocenters. The number of amides is 1. The molecule has 3 rings (SSSR count). The molecule has 1 aliphatic rings. The molecule has 174 valence electrons. The summed E-state index contributed by atoms with van der Waals surface area (Å²) >= 11 is 0. The number of carbonyl (C=O) groups excluding carboxylic acids is 2. The summed E-state index contributed by atoms with van der Waals surface area (Å²) in [7, 11) is 1.66. The molecule has 0 saturated carbocycles. The van der Waals surface area contributed by atoms with E-state index in [9.17, 15) is 9.59 Å². The number of furan rings is 1. The van der Waals surface area contributed by atoms with Crippen molar-refractivity contribution in [1.29, 1.82) is 0 Å². The maximum atomic E-state index is 13.1. The molecule has 1 fully saturated rings. The van der Waals surface area contributed by atoms with E-state index in [0.717, 1.165) is 30.6 Å². The van der Waals surface area contributed by atoms with Crippen molar-refractivity contribution >= 4 is 11.9 Å². The van der Waals surface area contributed by atoms with E-state index in [0.29, 0.717) is 31.8 Å². The zero-order valence-corrected chi connectivity index (χ0v) is 19.9. The highest BCUT2D eigenvalue weighted by Crippen LogP contribution is 2.32. The van der Waals surface area contributed by atoms with Crippen molar-refractivity contribution in [1.82, 2.24) is 4.90 Å². The van der Waals surface area contributed by atoms with Crippen LogP contribution in [-0.2, 0) is 21.4 Å². The number of benzene rings is 1. The number of hydrogen-bond acceptors (Lipinski definition) is 5. The molecule has 1 amide bonds. The molecule has 1 aromatic carbocycles. The van der Waals surface area contributed by atoms with Crippen LogP contribution in [0, 0.1) is 0 Å². The second-order valence-corrected chi connectivity index (χ2v) is 8.97. The SMILES string of the molecule is CCOC(=O)C1CCCCN1C(=O)c1ccc(Cc2cc(C(C)(C)CC)ccc2OC)o1.